The Labute approximate surface area is 102 Å². The highest BCUT2D eigenvalue weighted by molar-refractivity contribution is 7.66. The van der Waals surface area contributed by atoms with Crippen molar-refractivity contribution in [2.24, 2.45) is 5.73 Å². The lowest BCUT2D eigenvalue weighted by Gasteiger charge is -2.22. The highest BCUT2D eigenvalue weighted by Gasteiger charge is 2.32. The van der Waals surface area contributed by atoms with Gasteiger partial charge in [-0.05, 0) is 26.0 Å². The Morgan fingerprint density at radius 2 is 1.94 bits per heavy atom. The van der Waals surface area contributed by atoms with E-state index < -0.39 is 13.0 Å². The zero-order valence-electron chi connectivity index (χ0n) is 10.2. The van der Waals surface area contributed by atoms with E-state index in [0.29, 0.717) is 5.30 Å². The molecule has 0 heterocycles. The van der Waals surface area contributed by atoms with Crippen LogP contribution in [-0.4, -0.2) is 29.8 Å². The molecule has 0 aliphatic heterocycles. The van der Waals surface area contributed by atoms with E-state index in [-0.39, 0.29) is 19.3 Å². The van der Waals surface area contributed by atoms with E-state index in [4.69, 9.17) is 10.5 Å². The van der Waals surface area contributed by atoms with E-state index >= 15 is 0 Å². The molecule has 0 spiro atoms. The molecule has 0 fully saturated rings. The number of hydrogen-bond acceptors (Lipinski definition) is 3. The van der Waals surface area contributed by atoms with E-state index in [9.17, 15) is 9.46 Å². The van der Waals surface area contributed by atoms with Crippen molar-refractivity contribution in [2.75, 3.05) is 13.2 Å². The minimum absolute atomic E-state index is 0.0276. The molecular weight excluding hydrogens is 237 g/mol. The van der Waals surface area contributed by atoms with Crippen LogP contribution in [0.4, 0.5) is 0 Å². The van der Waals surface area contributed by atoms with E-state index in [0.717, 1.165) is 0 Å². The van der Waals surface area contributed by atoms with Gasteiger partial charge in [0.2, 0.25) is 7.37 Å². The minimum atomic E-state index is -3.46. The van der Waals surface area contributed by atoms with Gasteiger partial charge in [0.15, 0.2) is 0 Å². The second-order valence-corrected chi connectivity index (χ2v) is 6.72. The summed E-state index contributed by atoms with van der Waals surface area (Å²) in [6.45, 7) is 4.11. The van der Waals surface area contributed by atoms with Crippen LogP contribution in [0.2, 0.25) is 0 Å². The number of hydrogen-bond donors (Lipinski definition) is 2. The van der Waals surface area contributed by atoms with Crippen molar-refractivity contribution in [2.45, 2.75) is 25.6 Å². The third kappa shape index (κ3) is 3.93. The summed E-state index contributed by atoms with van der Waals surface area (Å²) in [4.78, 5) is 10.2. The fraction of sp³-hybridized carbons (Fsp3) is 0.500. The molecular formula is C12H20NO3P. The number of ether oxygens (including phenoxy) is 1. The Balaban J connectivity index is 2.83. The highest BCUT2D eigenvalue weighted by Crippen LogP contribution is 2.44. The molecule has 0 saturated carbocycles. The summed E-state index contributed by atoms with van der Waals surface area (Å²) in [5, 5.41) is 0.433. The average Bonchev–Trinajstić information content (AvgIpc) is 2.30. The van der Waals surface area contributed by atoms with Crippen molar-refractivity contribution in [1.82, 2.24) is 0 Å². The van der Waals surface area contributed by atoms with E-state index in [1.165, 1.54) is 0 Å². The predicted molar refractivity (Wildman–Crippen MR) is 69.8 cm³/mol. The summed E-state index contributed by atoms with van der Waals surface area (Å²) in [6.07, 6.45) is 0.0276. The van der Waals surface area contributed by atoms with Gasteiger partial charge in [-0.15, -0.1) is 0 Å². The number of nitrogens with two attached hydrogens (primary N) is 1. The van der Waals surface area contributed by atoms with Gasteiger partial charge in [0.25, 0.3) is 0 Å². The van der Waals surface area contributed by atoms with Crippen LogP contribution in [0.15, 0.2) is 30.3 Å². The lowest BCUT2D eigenvalue weighted by Crippen LogP contribution is -2.30. The molecule has 0 saturated heterocycles. The lowest BCUT2D eigenvalue weighted by molar-refractivity contribution is 0.0783. The SMILES string of the molecule is CC(C)OCC(CN)P(=O)(O)c1ccccc1. The van der Waals surface area contributed by atoms with Crippen molar-refractivity contribution in [1.29, 1.82) is 0 Å². The highest BCUT2D eigenvalue weighted by atomic mass is 31.2. The largest absolute Gasteiger partial charge is 0.378 e. The van der Waals surface area contributed by atoms with Crippen LogP contribution in [0.25, 0.3) is 0 Å². The van der Waals surface area contributed by atoms with Crippen molar-refractivity contribution in [3.63, 3.8) is 0 Å². The molecule has 1 aromatic carbocycles. The third-order valence-electron chi connectivity index (χ3n) is 2.52. The first-order valence-electron chi connectivity index (χ1n) is 5.68. The Morgan fingerprint density at radius 1 is 1.35 bits per heavy atom. The van der Waals surface area contributed by atoms with Crippen molar-refractivity contribution < 1.29 is 14.2 Å². The second-order valence-electron chi connectivity index (χ2n) is 4.23. The van der Waals surface area contributed by atoms with Gasteiger partial charge in [-0.25, -0.2) is 0 Å². The van der Waals surface area contributed by atoms with Gasteiger partial charge in [-0.1, -0.05) is 18.2 Å². The molecule has 0 amide bonds. The van der Waals surface area contributed by atoms with Crippen molar-refractivity contribution in [3.05, 3.63) is 30.3 Å². The standard InChI is InChI=1S/C12H20NO3P/c1-10(2)16-9-12(8-13)17(14,15)11-6-4-3-5-7-11/h3-7,10,12H,8-9,13H2,1-2H3,(H,14,15). The maximum atomic E-state index is 12.4. The maximum absolute atomic E-state index is 12.4. The Bertz CT molecular complexity index is 381. The molecule has 1 aromatic rings. The first kappa shape index (κ1) is 14.4. The molecule has 0 bridgehead atoms. The van der Waals surface area contributed by atoms with Gasteiger partial charge in [0.05, 0.1) is 18.4 Å². The van der Waals surface area contributed by atoms with Gasteiger partial charge in [0.1, 0.15) is 0 Å². The molecule has 1 rings (SSSR count). The summed E-state index contributed by atoms with van der Waals surface area (Å²) in [6, 6.07) is 8.60. The van der Waals surface area contributed by atoms with Crippen molar-refractivity contribution >= 4 is 12.7 Å². The first-order chi connectivity index (χ1) is 7.98. The molecule has 0 aromatic heterocycles. The number of benzene rings is 1. The third-order valence-corrected chi connectivity index (χ3v) is 4.90. The molecule has 2 atom stereocenters. The first-order valence-corrected chi connectivity index (χ1v) is 7.41. The lowest BCUT2D eigenvalue weighted by atomic mass is 10.4. The topological polar surface area (TPSA) is 72.5 Å². The summed E-state index contributed by atoms with van der Waals surface area (Å²) in [5.41, 5.74) is 5.02. The maximum Gasteiger partial charge on any atom is 0.236 e. The Morgan fingerprint density at radius 3 is 2.41 bits per heavy atom. The molecule has 5 heteroatoms. The van der Waals surface area contributed by atoms with Crippen molar-refractivity contribution in [3.8, 4) is 0 Å². The van der Waals surface area contributed by atoms with Crippen LogP contribution in [0.3, 0.4) is 0 Å². The predicted octanol–water partition coefficient (Wildman–Crippen LogP) is 1.33. The minimum Gasteiger partial charge on any atom is -0.378 e. The van der Waals surface area contributed by atoms with Crippen LogP contribution in [-0.2, 0) is 9.30 Å². The summed E-state index contributed by atoms with van der Waals surface area (Å²) in [5.74, 6) is 0. The van der Waals surface area contributed by atoms with Gasteiger partial charge in [-0.3, -0.25) is 4.57 Å². The number of rotatable bonds is 6. The van der Waals surface area contributed by atoms with E-state index in [1.54, 1.807) is 24.3 Å². The monoisotopic (exact) mass is 257 g/mol. The smallest absolute Gasteiger partial charge is 0.236 e. The summed E-state index contributed by atoms with van der Waals surface area (Å²) < 4.78 is 17.7. The van der Waals surface area contributed by atoms with Crippen LogP contribution in [0.1, 0.15) is 13.8 Å². The molecule has 0 radical (unpaired) electrons. The fourth-order valence-corrected chi connectivity index (χ4v) is 3.06. The Kier molecular flexibility index (Phi) is 5.34. The van der Waals surface area contributed by atoms with Crippen LogP contribution in [0.5, 0.6) is 0 Å². The van der Waals surface area contributed by atoms with E-state index in [2.05, 4.69) is 0 Å². The van der Waals surface area contributed by atoms with E-state index in [1.807, 2.05) is 19.9 Å². The molecule has 4 nitrogen and oxygen atoms in total. The van der Waals surface area contributed by atoms with Gasteiger partial charge in [0, 0.05) is 11.8 Å². The quantitative estimate of drug-likeness (QED) is 0.754. The zero-order valence-corrected chi connectivity index (χ0v) is 11.1. The molecule has 2 unspecified atom stereocenters. The second kappa shape index (κ2) is 6.31. The fourth-order valence-electron chi connectivity index (χ4n) is 1.47. The average molecular weight is 257 g/mol. The zero-order chi connectivity index (χ0) is 12.9. The Hall–Kier alpha value is -0.670. The normalized spacial score (nSPS) is 16.8. The van der Waals surface area contributed by atoms with Gasteiger partial charge < -0.3 is 15.4 Å². The summed E-state index contributed by atoms with van der Waals surface area (Å²) >= 11 is 0. The molecule has 17 heavy (non-hydrogen) atoms. The molecule has 0 aliphatic carbocycles. The van der Waals surface area contributed by atoms with Crippen LogP contribution in [0, 0.1) is 0 Å². The van der Waals surface area contributed by atoms with Gasteiger partial charge >= 0.3 is 0 Å². The molecule has 0 aliphatic rings. The molecule has 96 valence electrons. The van der Waals surface area contributed by atoms with Crippen LogP contribution < -0.4 is 11.0 Å². The summed E-state index contributed by atoms with van der Waals surface area (Å²) in [7, 11) is -3.46. The molecule has 3 N–H and O–H groups in total. The van der Waals surface area contributed by atoms with Gasteiger partial charge in [-0.2, -0.15) is 0 Å². The van der Waals surface area contributed by atoms with Crippen LogP contribution >= 0.6 is 7.37 Å².